The van der Waals surface area contributed by atoms with Gasteiger partial charge in [-0.05, 0) is 63.2 Å². The SMILES string of the molecule is CCOC(=O)c1ccc(NC(=O)Nc2ccc3nc(C)c(C)nc3c2)cc1. The van der Waals surface area contributed by atoms with Gasteiger partial charge in [0.05, 0.1) is 34.6 Å². The van der Waals surface area contributed by atoms with E-state index < -0.39 is 12.0 Å². The van der Waals surface area contributed by atoms with Crippen molar-refractivity contribution in [1.82, 2.24) is 9.97 Å². The first-order valence-corrected chi connectivity index (χ1v) is 8.56. The number of fused-ring (bicyclic) bond motifs is 1. The molecule has 7 heteroatoms. The minimum absolute atomic E-state index is 0.316. The van der Waals surface area contributed by atoms with Gasteiger partial charge in [-0.1, -0.05) is 0 Å². The number of nitrogens with one attached hydrogen (secondary N) is 2. The minimum atomic E-state index is -0.393. The average Bonchev–Trinajstić information content (AvgIpc) is 2.63. The van der Waals surface area contributed by atoms with Crippen LogP contribution in [0.15, 0.2) is 42.5 Å². The molecule has 0 aliphatic carbocycles. The number of carbonyl (C=O) groups excluding carboxylic acids is 2. The quantitative estimate of drug-likeness (QED) is 0.681. The maximum Gasteiger partial charge on any atom is 0.338 e. The molecule has 0 radical (unpaired) electrons. The Labute approximate surface area is 156 Å². The molecule has 7 nitrogen and oxygen atoms in total. The van der Waals surface area contributed by atoms with Gasteiger partial charge in [0.1, 0.15) is 0 Å². The third-order valence-corrected chi connectivity index (χ3v) is 3.99. The monoisotopic (exact) mass is 364 g/mol. The number of esters is 1. The van der Waals surface area contributed by atoms with Crippen LogP contribution in [0, 0.1) is 13.8 Å². The van der Waals surface area contributed by atoms with Crippen LogP contribution in [0.1, 0.15) is 28.7 Å². The second-order valence-corrected chi connectivity index (χ2v) is 5.97. The topological polar surface area (TPSA) is 93.2 Å². The molecule has 3 rings (SSSR count). The standard InChI is InChI=1S/C20H20N4O3/c1-4-27-19(25)14-5-7-15(8-6-14)23-20(26)24-16-9-10-17-18(11-16)22-13(3)12(2)21-17/h5-11H,4H2,1-3H3,(H2,23,24,26). The van der Waals surface area contributed by atoms with Gasteiger partial charge in [0.2, 0.25) is 0 Å². The van der Waals surface area contributed by atoms with Crippen LogP contribution < -0.4 is 10.6 Å². The zero-order valence-electron chi connectivity index (χ0n) is 15.4. The lowest BCUT2D eigenvalue weighted by atomic mass is 10.2. The van der Waals surface area contributed by atoms with Crippen molar-refractivity contribution in [2.45, 2.75) is 20.8 Å². The highest BCUT2D eigenvalue weighted by molar-refractivity contribution is 6.01. The summed E-state index contributed by atoms with van der Waals surface area (Å²) in [5.41, 5.74) is 4.83. The summed E-state index contributed by atoms with van der Waals surface area (Å²) >= 11 is 0. The van der Waals surface area contributed by atoms with E-state index in [1.807, 2.05) is 19.9 Å². The van der Waals surface area contributed by atoms with Gasteiger partial charge in [-0.25, -0.2) is 19.6 Å². The molecule has 2 amide bonds. The van der Waals surface area contributed by atoms with Gasteiger partial charge >= 0.3 is 12.0 Å². The molecule has 0 fully saturated rings. The summed E-state index contributed by atoms with van der Waals surface area (Å²) in [6.45, 7) is 5.87. The number of benzene rings is 2. The Morgan fingerprint density at radius 1 is 0.889 bits per heavy atom. The van der Waals surface area contributed by atoms with Gasteiger partial charge in [-0.3, -0.25) is 0 Å². The predicted octanol–water partition coefficient (Wildman–Crippen LogP) is 4.07. The number of hydrogen-bond acceptors (Lipinski definition) is 5. The van der Waals surface area contributed by atoms with Gasteiger partial charge in [0, 0.05) is 11.4 Å². The second-order valence-electron chi connectivity index (χ2n) is 5.97. The third-order valence-electron chi connectivity index (χ3n) is 3.99. The summed E-state index contributed by atoms with van der Waals surface area (Å²) in [6.07, 6.45) is 0. The molecule has 3 aromatic rings. The van der Waals surface area contributed by atoms with E-state index in [4.69, 9.17) is 4.74 Å². The molecule has 0 bridgehead atoms. The summed E-state index contributed by atoms with van der Waals surface area (Å²) in [5, 5.41) is 5.48. The normalized spacial score (nSPS) is 10.5. The number of nitrogens with zero attached hydrogens (tertiary/aromatic N) is 2. The van der Waals surface area contributed by atoms with Crippen molar-refractivity contribution in [1.29, 1.82) is 0 Å². The molecule has 1 aromatic heterocycles. The van der Waals surface area contributed by atoms with Crippen molar-refractivity contribution in [3.8, 4) is 0 Å². The number of urea groups is 1. The van der Waals surface area contributed by atoms with Crippen molar-refractivity contribution in [2.24, 2.45) is 0 Å². The number of ether oxygens (including phenoxy) is 1. The maximum atomic E-state index is 12.2. The van der Waals surface area contributed by atoms with Gasteiger partial charge in [-0.2, -0.15) is 0 Å². The van der Waals surface area contributed by atoms with Crippen LogP contribution in [0.3, 0.4) is 0 Å². The van der Waals surface area contributed by atoms with Crippen molar-refractivity contribution < 1.29 is 14.3 Å². The number of amides is 2. The van der Waals surface area contributed by atoms with E-state index in [1.165, 1.54) is 0 Å². The highest BCUT2D eigenvalue weighted by Gasteiger charge is 2.08. The second kappa shape index (κ2) is 7.82. The van der Waals surface area contributed by atoms with Crippen molar-refractivity contribution in [3.63, 3.8) is 0 Å². The fourth-order valence-electron chi connectivity index (χ4n) is 2.51. The Kier molecular flexibility index (Phi) is 5.30. The lowest BCUT2D eigenvalue weighted by Gasteiger charge is -2.09. The molecule has 138 valence electrons. The molecular formula is C20H20N4O3. The molecule has 0 spiro atoms. The summed E-state index contributed by atoms with van der Waals surface area (Å²) in [7, 11) is 0. The first kappa shape index (κ1) is 18.3. The highest BCUT2D eigenvalue weighted by Crippen LogP contribution is 2.18. The highest BCUT2D eigenvalue weighted by atomic mass is 16.5. The van der Waals surface area contributed by atoms with Crippen LogP contribution in [-0.2, 0) is 4.74 Å². The largest absolute Gasteiger partial charge is 0.462 e. The smallest absolute Gasteiger partial charge is 0.338 e. The Bertz CT molecular complexity index is 1000. The summed E-state index contributed by atoms with van der Waals surface area (Å²) < 4.78 is 4.93. The van der Waals surface area contributed by atoms with Crippen LogP contribution in [0.4, 0.5) is 16.2 Å². The van der Waals surface area contributed by atoms with Crippen LogP contribution in [0.2, 0.25) is 0 Å². The number of rotatable bonds is 4. The summed E-state index contributed by atoms with van der Waals surface area (Å²) in [5.74, 6) is -0.392. The van der Waals surface area contributed by atoms with Crippen molar-refractivity contribution in [3.05, 3.63) is 59.4 Å². The van der Waals surface area contributed by atoms with E-state index >= 15 is 0 Å². The zero-order chi connectivity index (χ0) is 19.4. The van der Waals surface area contributed by atoms with Crippen LogP contribution >= 0.6 is 0 Å². The van der Waals surface area contributed by atoms with E-state index in [1.54, 1.807) is 43.3 Å². The number of aromatic nitrogens is 2. The van der Waals surface area contributed by atoms with E-state index in [-0.39, 0.29) is 0 Å². The van der Waals surface area contributed by atoms with Crippen molar-refractivity contribution >= 4 is 34.4 Å². The van der Waals surface area contributed by atoms with E-state index in [0.717, 1.165) is 22.4 Å². The maximum absolute atomic E-state index is 12.2. The van der Waals surface area contributed by atoms with Gasteiger partial charge in [-0.15, -0.1) is 0 Å². The van der Waals surface area contributed by atoms with Crippen molar-refractivity contribution in [2.75, 3.05) is 17.2 Å². The fraction of sp³-hybridized carbons (Fsp3) is 0.200. The Balaban J connectivity index is 1.67. The van der Waals surface area contributed by atoms with E-state index in [0.29, 0.717) is 23.5 Å². The molecule has 0 atom stereocenters. The molecular weight excluding hydrogens is 344 g/mol. The number of aryl methyl sites for hydroxylation is 2. The lowest BCUT2D eigenvalue weighted by Crippen LogP contribution is -2.19. The first-order valence-electron chi connectivity index (χ1n) is 8.56. The third kappa shape index (κ3) is 4.38. The van der Waals surface area contributed by atoms with Gasteiger partial charge in [0.15, 0.2) is 0 Å². The summed E-state index contributed by atoms with van der Waals surface area (Å²) in [4.78, 5) is 32.8. The first-order chi connectivity index (χ1) is 13.0. The minimum Gasteiger partial charge on any atom is -0.462 e. The van der Waals surface area contributed by atoms with E-state index in [9.17, 15) is 9.59 Å². The molecule has 2 aromatic carbocycles. The van der Waals surface area contributed by atoms with Crippen LogP contribution in [0.25, 0.3) is 11.0 Å². The zero-order valence-corrected chi connectivity index (χ0v) is 15.4. The van der Waals surface area contributed by atoms with Crippen LogP contribution in [-0.4, -0.2) is 28.6 Å². The molecule has 0 saturated heterocycles. The average molecular weight is 364 g/mol. The van der Waals surface area contributed by atoms with Gasteiger partial charge < -0.3 is 15.4 Å². The fourth-order valence-corrected chi connectivity index (χ4v) is 2.51. The Morgan fingerprint density at radius 3 is 2.15 bits per heavy atom. The molecule has 27 heavy (non-hydrogen) atoms. The predicted molar refractivity (Wildman–Crippen MR) is 104 cm³/mol. The number of hydrogen-bond donors (Lipinski definition) is 2. The molecule has 0 unspecified atom stereocenters. The molecule has 2 N–H and O–H groups in total. The molecule has 1 heterocycles. The molecule has 0 aliphatic heterocycles. The molecule has 0 aliphatic rings. The Morgan fingerprint density at radius 2 is 1.48 bits per heavy atom. The molecule has 0 saturated carbocycles. The lowest BCUT2D eigenvalue weighted by molar-refractivity contribution is 0.0526. The number of anilines is 2. The van der Waals surface area contributed by atoms with E-state index in [2.05, 4.69) is 20.6 Å². The van der Waals surface area contributed by atoms with Gasteiger partial charge in [0.25, 0.3) is 0 Å². The number of carbonyl (C=O) groups is 2. The Hall–Kier alpha value is -3.48. The van der Waals surface area contributed by atoms with Crippen LogP contribution in [0.5, 0.6) is 0 Å². The summed E-state index contributed by atoms with van der Waals surface area (Å²) in [6, 6.07) is 11.5.